The van der Waals surface area contributed by atoms with E-state index in [1.807, 2.05) is 28.9 Å². The number of aryl methyl sites for hydroxylation is 2. The number of benzene rings is 1. The number of carboxylic acid groups (broad SMARTS) is 1. The lowest BCUT2D eigenvalue weighted by atomic mass is 10.2. The van der Waals surface area contributed by atoms with Gasteiger partial charge in [0, 0.05) is 24.7 Å². The predicted octanol–water partition coefficient (Wildman–Crippen LogP) is 4.50. The fourth-order valence-electron chi connectivity index (χ4n) is 3.23. The van der Waals surface area contributed by atoms with E-state index in [4.69, 9.17) is 10.1 Å². The molecule has 1 N–H and O–H groups in total. The molecule has 3 aromatic rings. The van der Waals surface area contributed by atoms with Crippen molar-refractivity contribution in [1.82, 2.24) is 19.3 Å². The van der Waals surface area contributed by atoms with Crippen LogP contribution in [0.4, 0.5) is 0 Å². The topological polar surface area (TPSA) is 72.9 Å². The molecule has 148 valence electrons. The number of rotatable bonds is 10. The highest BCUT2D eigenvalue weighted by atomic mass is 16.4. The van der Waals surface area contributed by atoms with Gasteiger partial charge in [0.25, 0.3) is 0 Å². The van der Waals surface area contributed by atoms with Gasteiger partial charge >= 0.3 is 5.97 Å². The van der Waals surface area contributed by atoms with Crippen LogP contribution in [-0.4, -0.2) is 30.4 Å². The number of carbonyl (C=O) groups is 1. The van der Waals surface area contributed by atoms with Gasteiger partial charge in [-0.1, -0.05) is 38.8 Å². The Hall–Kier alpha value is -2.89. The molecule has 0 aliphatic carbocycles. The Balaban J connectivity index is 1.78. The molecule has 3 rings (SSSR count). The molecule has 0 saturated heterocycles. The monoisotopic (exact) mass is 380 g/mol. The molecule has 2 aromatic heterocycles. The Labute approximate surface area is 165 Å². The van der Waals surface area contributed by atoms with Gasteiger partial charge in [-0.15, -0.1) is 0 Å². The zero-order valence-electron chi connectivity index (χ0n) is 16.6. The Morgan fingerprint density at radius 3 is 2.43 bits per heavy atom. The largest absolute Gasteiger partial charge is 0.477 e. The molecule has 0 fully saturated rings. The van der Waals surface area contributed by atoms with Crippen molar-refractivity contribution >= 4 is 5.97 Å². The maximum Gasteiger partial charge on any atom is 0.352 e. The van der Waals surface area contributed by atoms with E-state index in [1.54, 1.807) is 22.9 Å². The van der Waals surface area contributed by atoms with Crippen LogP contribution in [-0.2, 0) is 19.4 Å². The van der Waals surface area contributed by atoms with Crippen LogP contribution in [0.5, 0.6) is 0 Å². The number of nitrogens with zero attached hydrogens (tertiary/aromatic N) is 4. The van der Waals surface area contributed by atoms with Crippen LogP contribution in [0.25, 0.3) is 5.69 Å². The summed E-state index contributed by atoms with van der Waals surface area (Å²) in [5, 5.41) is 14.0. The van der Waals surface area contributed by atoms with E-state index in [0.29, 0.717) is 6.54 Å². The van der Waals surface area contributed by atoms with Crippen molar-refractivity contribution in [1.29, 1.82) is 0 Å². The second kappa shape index (κ2) is 9.35. The van der Waals surface area contributed by atoms with Gasteiger partial charge in [-0.25, -0.2) is 14.5 Å². The average molecular weight is 380 g/mol. The molecule has 0 radical (unpaired) electrons. The molecule has 2 heterocycles. The number of hydrogen-bond donors (Lipinski definition) is 1. The Morgan fingerprint density at radius 2 is 1.75 bits per heavy atom. The third kappa shape index (κ3) is 4.68. The van der Waals surface area contributed by atoms with Crippen molar-refractivity contribution in [3.05, 3.63) is 65.5 Å². The number of aromatic carboxylic acids is 1. The normalized spacial score (nSPS) is 11.1. The Kier molecular flexibility index (Phi) is 6.63. The fraction of sp³-hybridized carbons (Fsp3) is 0.409. The van der Waals surface area contributed by atoms with E-state index in [1.165, 1.54) is 0 Å². The molecule has 0 amide bonds. The van der Waals surface area contributed by atoms with Gasteiger partial charge in [-0.3, -0.25) is 0 Å². The summed E-state index contributed by atoms with van der Waals surface area (Å²) in [6.45, 7) is 5.04. The highest BCUT2D eigenvalue weighted by molar-refractivity contribution is 5.86. The van der Waals surface area contributed by atoms with Crippen LogP contribution >= 0.6 is 0 Å². The molecule has 0 aliphatic heterocycles. The molecule has 0 bridgehead atoms. The fourth-order valence-corrected chi connectivity index (χ4v) is 3.23. The smallest absolute Gasteiger partial charge is 0.352 e. The summed E-state index contributed by atoms with van der Waals surface area (Å²) in [5.41, 5.74) is 2.21. The third-order valence-corrected chi connectivity index (χ3v) is 4.81. The number of carboxylic acids is 1. The minimum absolute atomic E-state index is 0.256. The summed E-state index contributed by atoms with van der Waals surface area (Å²) in [6, 6.07) is 11.3. The molecule has 0 unspecified atom stereocenters. The van der Waals surface area contributed by atoms with Crippen LogP contribution in [0.1, 0.15) is 67.2 Å². The Bertz CT molecular complexity index is 909. The molecular formula is C22H28N4O2. The van der Waals surface area contributed by atoms with Crippen molar-refractivity contribution in [2.24, 2.45) is 0 Å². The van der Waals surface area contributed by atoms with Gasteiger partial charge < -0.3 is 9.67 Å². The van der Waals surface area contributed by atoms with Crippen molar-refractivity contribution in [3.63, 3.8) is 0 Å². The summed E-state index contributed by atoms with van der Waals surface area (Å²) in [6.07, 6.45) is 8.11. The van der Waals surface area contributed by atoms with Crippen molar-refractivity contribution < 1.29 is 9.90 Å². The lowest BCUT2D eigenvalue weighted by molar-refractivity contribution is 0.0688. The molecule has 6 heteroatoms. The van der Waals surface area contributed by atoms with E-state index in [0.717, 1.165) is 61.4 Å². The predicted molar refractivity (Wildman–Crippen MR) is 109 cm³/mol. The van der Waals surface area contributed by atoms with Crippen LogP contribution < -0.4 is 0 Å². The van der Waals surface area contributed by atoms with Gasteiger partial charge in [0.1, 0.15) is 11.5 Å². The quantitative estimate of drug-likeness (QED) is 0.562. The Morgan fingerprint density at radius 1 is 1.04 bits per heavy atom. The van der Waals surface area contributed by atoms with E-state index >= 15 is 0 Å². The van der Waals surface area contributed by atoms with Crippen molar-refractivity contribution in [2.45, 2.75) is 58.9 Å². The van der Waals surface area contributed by atoms with Crippen LogP contribution in [0.2, 0.25) is 0 Å². The molecule has 28 heavy (non-hydrogen) atoms. The highest BCUT2D eigenvalue weighted by Gasteiger charge is 2.12. The molecule has 1 aromatic carbocycles. The maximum absolute atomic E-state index is 11.3. The third-order valence-electron chi connectivity index (χ3n) is 4.81. The number of unbranched alkanes of at least 4 members (excludes halogenated alkanes) is 2. The summed E-state index contributed by atoms with van der Waals surface area (Å²) >= 11 is 0. The van der Waals surface area contributed by atoms with E-state index in [-0.39, 0.29) is 5.69 Å². The minimum Gasteiger partial charge on any atom is -0.477 e. The first-order valence-electron chi connectivity index (χ1n) is 10.0. The van der Waals surface area contributed by atoms with Gasteiger partial charge in [-0.2, -0.15) is 5.10 Å². The number of aromatic nitrogens is 4. The van der Waals surface area contributed by atoms with Crippen molar-refractivity contribution in [2.75, 3.05) is 0 Å². The van der Waals surface area contributed by atoms with Gasteiger partial charge in [0.05, 0.1) is 6.54 Å². The summed E-state index contributed by atoms with van der Waals surface area (Å²) in [5.74, 6) is 1.05. The average Bonchev–Trinajstić information content (AvgIpc) is 3.33. The van der Waals surface area contributed by atoms with Crippen LogP contribution in [0.15, 0.2) is 42.6 Å². The van der Waals surface area contributed by atoms with Gasteiger partial charge in [-0.05, 0) is 42.7 Å². The van der Waals surface area contributed by atoms with E-state index in [9.17, 15) is 9.90 Å². The molecular weight excluding hydrogens is 352 g/mol. The molecule has 0 atom stereocenters. The van der Waals surface area contributed by atoms with Crippen molar-refractivity contribution in [3.8, 4) is 5.69 Å². The summed E-state index contributed by atoms with van der Waals surface area (Å²) in [7, 11) is 0. The first kappa shape index (κ1) is 19.9. The van der Waals surface area contributed by atoms with Crippen LogP contribution in [0, 0.1) is 0 Å². The first-order chi connectivity index (χ1) is 13.6. The second-order valence-corrected chi connectivity index (χ2v) is 7.04. The summed E-state index contributed by atoms with van der Waals surface area (Å²) < 4.78 is 3.70. The standard InChI is InChI=1S/C22H28N4O2/c1-3-5-9-20-23-21(10-6-4-2)26(24-20)16-17-11-13-18(14-12-17)25-15-7-8-19(25)22(27)28/h7-8,11-15H,3-6,9-10,16H2,1-2H3,(H,27,28). The zero-order chi connectivity index (χ0) is 19.9. The zero-order valence-corrected chi connectivity index (χ0v) is 16.6. The maximum atomic E-state index is 11.3. The summed E-state index contributed by atoms with van der Waals surface area (Å²) in [4.78, 5) is 16.1. The number of hydrogen-bond acceptors (Lipinski definition) is 3. The van der Waals surface area contributed by atoms with Gasteiger partial charge in [0.15, 0.2) is 5.82 Å². The first-order valence-corrected chi connectivity index (χ1v) is 10.0. The molecule has 0 saturated carbocycles. The minimum atomic E-state index is -0.933. The highest BCUT2D eigenvalue weighted by Crippen LogP contribution is 2.16. The molecule has 0 spiro atoms. The van der Waals surface area contributed by atoms with E-state index < -0.39 is 5.97 Å². The molecule has 0 aliphatic rings. The molecule has 6 nitrogen and oxygen atoms in total. The lowest BCUT2D eigenvalue weighted by Gasteiger charge is -2.09. The van der Waals surface area contributed by atoms with Crippen LogP contribution in [0.3, 0.4) is 0 Å². The lowest BCUT2D eigenvalue weighted by Crippen LogP contribution is -2.08. The SMILES string of the molecule is CCCCc1nc(CCCC)n(Cc2ccc(-n3cccc3C(=O)O)cc2)n1. The van der Waals surface area contributed by atoms with E-state index in [2.05, 4.69) is 13.8 Å². The second-order valence-electron chi connectivity index (χ2n) is 7.04. The van der Waals surface area contributed by atoms with Gasteiger partial charge in [0.2, 0.25) is 0 Å².